The molecule has 0 saturated carbocycles. The van der Waals surface area contributed by atoms with Crippen LogP contribution in [-0.2, 0) is 30.4 Å². The first-order chi connectivity index (χ1) is 26.8. The van der Waals surface area contributed by atoms with Gasteiger partial charge in [0.1, 0.15) is 28.2 Å². The fourth-order valence-corrected chi connectivity index (χ4v) is 9.27. The third-order valence-corrected chi connectivity index (χ3v) is 12.5. The van der Waals surface area contributed by atoms with Crippen molar-refractivity contribution in [2.75, 3.05) is 23.7 Å². The van der Waals surface area contributed by atoms with E-state index in [1.165, 1.54) is 23.8 Å². The van der Waals surface area contributed by atoms with Crippen LogP contribution < -0.4 is 39.2 Å². The maximum absolute atomic E-state index is 12.1. The molecule has 0 bridgehead atoms. The van der Waals surface area contributed by atoms with E-state index in [4.69, 9.17) is 4.74 Å². The van der Waals surface area contributed by atoms with Gasteiger partial charge in [-0.15, -0.1) is 0 Å². The second kappa shape index (κ2) is 17.6. The molecule has 300 valence electrons. The molecule has 3 aliphatic rings. The molecule has 1 atom stereocenters. The molecule has 0 aromatic heterocycles. The van der Waals surface area contributed by atoms with Crippen molar-refractivity contribution in [3.63, 3.8) is 0 Å². The van der Waals surface area contributed by atoms with Gasteiger partial charge in [-0.25, -0.2) is 16.8 Å². The topological polar surface area (TPSA) is 167 Å². The fourth-order valence-electron chi connectivity index (χ4n) is 8.30. The molecule has 0 aliphatic carbocycles. The minimum Gasteiger partial charge on any atom is -0.748 e. The number of carbonyl (C=O) groups is 1. The van der Waals surface area contributed by atoms with Crippen LogP contribution in [0.2, 0.25) is 0 Å². The first-order valence-corrected chi connectivity index (χ1v) is 21.9. The van der Waals surface area contributed by atoms with Crippen LogP contribution in [0.5, 0.6) is 5.75 Å². The first-order valence-electron chi connectivity index (χ1n) is 18.9. The number of benzene rings is 3. The van der Waals surface area contributed by atoms with Crippen LogP contribution in [-0.4, -0.2) is 71.7 Å². The summed E-state index contributed by atoms with van der Waals surface area (Å²) in [7, 11) is -9.33. The van der Waals surface area contributed by atoms with Crippen LogP contribution in [0.25, 0.3) is 16.9 Å². The number of nitrogens with zero attached hydrogens (tertiary/aromatic N) is 2. The van der Waals surface area contributed by atoms with E-state index >= 15 is 0 Å². The van der Waals surface area contributed by atoms with Gasteiger partial charge < -0.3 is 23.8 Å². The molecule has 3 heterocycles. The van der Waals surface area contributed by atoms with Crippen LogP contribution in [0.15, 0.2) is 108 Å². The van der Waals surface area contributed by atoms with E-state index < -0.39 is 42.3 Å². The first kappa shape index (κ1) is 45.0. The van der Waals surface area contributed by atoms with Gasteiger partial charge in [0.15, 0.2) is 5.71 Å². The number of carboxylic acid groups (broad SMARTS) is 1. The van der Waals surface area contributed by atoms with E-state index in [1.807, 2.05) is 72.2 Å². The predicted molar refractivity (Wildman–Crippen MR) is 221 cm³/mol. The SMILES string of the molecule is CCN1c2cc3c(cc2C(C)=CC1(C)C)C(=CC=CC=CC1=[N+](CCCS(=O)(=O)[O-])c2ccc(S(=O)(=O)[O-])cc2C1(C)CCCC(=O)O)C=C(c1ccccc1)O3.[Na+]. The molecule has 3 aliphatic heterocycles. The monoisotopic (exact) mass is 834 g/mol. The maximum atomic E-state index is 12.1. The Bertz CT molecular complexity index is 2520. The van der Waals surface area contributed by atoms with Crippen molar-refractivity contribution in [2.24, 2.45) is 0 Å². The molecule has 6 rings (SSSR count). The second-order valence-electron chi connectivity index (χ2n) is 15.3. The molecule has 0 fully saturated rings. The summed E-state index contributed by atoms with van der Waals surface area (Å²) in [4.78, 5) is 13.5. The largest absolute Gasteiger partial charge is 1.00 e. The standard InChI is InChI=1S/C44H48N2O9S2.Na/c1-6-46-38-28-40-35(27-34(38)30(2)29-43(46,3)4)32(25-39(55-40)31-15-9-7-10-16-31)17-11-8-12-18-41-44(5,22-13-19-42(47)48)36-26-33(57(52,53)54)20-21-37(36)45(41)23-14-24-56(49,50)51;/h7-12,15-18,20-21,25-29H,6,13-14,19,22-24H2,1-5H3,(H2-,47,48,49,50,51,52,53,54);/q;+1/p-1. The van der Waals surface area contributed by atoms with Crippen molar-refractivity contribution in [3.05, 3.63) is 125 Å². The summed E-state index contributed by atoms with van der Waals surface area (Å²) >= 11 is 0. The van der Waals surface area contributed by atoms with Crippen LogP contribution >= 0.6 is 0 Å². The molecule has 3 aromatic rings. The molecular weight excluding hydrogens is 788 g/mol. The zero-order chi connectivity index (χ0) is 41.3. The number of anilines is 1. The summed E-state index contributed by atoms with van der Waals surface area (Å²) in [6.45, 7) is 11.4. The fraction of sp³-hybridized carbons (Fsp3) is 0.318. The summed E-state index contributed by atoms with van der Waals surface area (Å²) < 4.78 is 79.2. The summed E-state index contributed by atoms with van der Waals surface area (Å²) in [5.74, 6) is -0.158. The second-order valence-corrected chi connectivity index (χ2v) is 18.2. The minimum absolute atomic E-state index is 0. The normalized spacial score (nSPS) is 19.4. The molecule has 0 amide bonds. The smallest absolute Gasteiger partial charge is 0.748 e. The van der Waals surface area contributed by atoms with E-state index in [2.05, 4.69) is 50.8 Å². The van der Waals surface area contributed by atoms with E-state index in [1.54, 1.807) is 6.08 Å². The molecule has 14 heteroatoms. The molecule has 0 saturated heterocycles. The van der Waals surface area contributed by atoms with Gasteiger partial charge in [-0.2, -0.15) is 4.58 Å². The zero-order valence-electron chi connectivity index (χ0n) is 33.7. The average Bonchev–Trinajstić information content (AvgIpc) is 3.35. The number of hydrogen-bond acceptors (Lipinski definition) is 9. The van der Waals surface area contributed by atoms with Crippen LogP contribution in [0.4, 0.5) is 11.4 Å². The Hall–Kier alpha value is -4.08. The molecule has 1 unspecified atom stereocenters. The number of fused-ring (bicyclic) bond motifs is 3. The Balaban J connectivity index is 0.00000641. The van der Waals surface area contributed by atoms with E-state index in [0.29, 0.717) is 22.7 Å². The van der Waals surface area contributed by atoms with Gasteiger partial charge >= 0.3 is 35.5 Å². The van der Waals surface area contributed by atoms with Gasteiger partial charge in [-0.05, 0) is 82.9 Å². The van der Waals surface area contributed by atoms with Gasteiger partial charge in [0.2, 0.25) is 5.69 Å². The predicted octanol–water partition coefficient (Wildman–Crippen LogP) is 4.79. The number of ether oxygens (including phenoxy) is 1. The minimum atomic E-state index is -4.82. The number of carboxylic acids is 1. The van der Waals surface area contributed by atoms with Crippen molar-refractivity contribution in [1.29, 1.82) is 0 Å². The summed E-state index contributed by atoms with van der Waals surface area (Å²) in [5, 5.41) is 9.42. The molecule has 1 N–H and O–H groups in total. The maximum Gasteiger partial charge on any atom is 1.00 e. The molecule has 3 aromatic carbocycles. The summed E-state index contributed by atoms with van der Waals surface area (Å²) in [5.41, 5.74) is 6.75. The summed E-state index contributed by atoms with van der Waals surface area (Å²) in [6, 6.07) is 18.2. The van der Waals surface area contributed by atoms with Crippen molar-refractivity contribution >= 4 is 60.2 Å². The number of rotatable bonds is 14. The Kier molecular flexibility index (Phi) is 13.7. The molecule has 0 radical (unpaired) electrons. The van der Waals surface area contributed by atoms with E-state index in [9.17, 15) is 35.8 Å². The Morgan fingerprint density at radius 1 is 0.948 bits per heavy atom. The van der Waals surface area contributed by atoms with Crippen LogP contribution in [0.3, 0.4) is 0 Å². The van der Waals surface area contributed by atoms with Gasteiger partial charge in [-0.3, -0.25) is 4.79 Å². The van der Waals surface area contributed by atoms with Crippen molar-refractivity contribution < 1.29 is 74.7 Å². The zero-order valence-corrected chi connectivity index (χ0v) is 37.3. The number of likely N-dealkylation sites (N-methyl/N-ethyl adjacent to an activating group) is 1. The van der Waals surface area contributed by atoms with Gasteiger partial charge in [-0.1, -0.05) is 60.7 Å². The summed E-state index contributed by atoms with van der Waals surface area (Å²) in [6.07, 6.45) is 14.0. The number of allylic oxidation sites excluding steroid dienone is 8. The molecule has 11 nitrogen and oxygen atoms in total. The molecule has 0 spiro atoms. The Morgan fingerprint density at radius 3 is 2.33 bits per heavy atom. The molecular formula is C44H47N2NaO9S2. The molecule has 58 heavy (non-hydrogen) atoms. The van der Waals surface area contributed by atoms with Crippen LogP contribution in [0, 0.1) is 0 Å². The quantitative estimate of drug-likeness (QED) is 0.103. The Morgan fingerprint density at radius 2 is 1.67 bits per heavy atom. The van der Waals surface area contributed by atoms with Gasteiger partial charge in [0.05, 0.1) is 26.0 Å². The van der Waals surface area contributed by atoms with Crippen molar-refractivity contribution in [1.82, 2.24) is 0 Å². The van der Waals surface area contributed by atoms with E-state index in [0.717, 1.165) is 40.2 Å². The average molecular weight is 835 g/mol. The van der Waals surface area contributed by atoms with Crippen molar-refractivity contribution in [2.45, 2.75) is 76.2 Å². The van der Waals surface area contributed by atoms with Gasteiger partial charge in [0.25, 0.3) is 0 Å². The van der Waals surface area contributed by atoms with Gasteiger partial charge in [0, 0.05) is 71.3 Å². The van der Waals surface area contributed by atoms with Crippen LogP contribution in [0.1, 0.15) is 82.6 Å². The van der Waals surface area contributed by atoms with E-state index in [-0.39, 0.29) is 67.3 Å². The Labute approximate surface area is 363 Å². The third-order valence-electron chi connectivity index (χ3n) is 10.9. The third kappa shape index (κ3) is 9.68. The number of hydrogen-bond donors (Lipinski definition) is 1. The van der Waals surface area contributed by atoms with Crippen molar-refractivity contribution in [3.8, 4) is 5.75 Å². The number of aliphatic carboxylic acids is 1.